The van der Waals surface area contributed by atoms with Crippen molar-refractivity contribution >= 4 is 31.8 Å². The van der Waals surface area contributed by atoms with Gasteiger partial charge in [-0.3, -0.25) is 0 Å². The molecule has 1 aliphatic carbocycles. The summed E-state index contributed by atoms with van der Waals surface area (Å²) in [5.74, 6) is 0. The molecular formula is C4H8ClIO. The number of hydrogen-bond donors (Lipinski definition) is 1. The van der Waals surface area contributed by atoms with E-state index < -0.39 is 20.2 Å². The quantitative estimate of drug-likeness (QED) is 0.541. The van der Waals surface area contributed by atoms with Gasteiger partial charge in [-0.25, -0.2) is 0 Å². The SMILES string of the molecule is CI(O)C1(Cl)CC1. The molecule has 0 unspecified atom stereocenters. The standard InChI is InChI=1S/C4H8ClIO/c1-6(7)4(5)2-3-4/h7H,2-3H2,1H3. The van der Waals surface area contributed by atoms with E-state index in [4.69, 9.17) is 15.0 Å². The molecule has 1 N–H and O–H groups in total. The van der Waals surface area contributed by atoms with Crippen LogP contribution in [0.2, 0.25) is 0 Å². The Labute approximate surface area is 56.0 Å². The fraction of sp³-hybridized carbons (Fsp3) is 1.00. The third-order valence-corrected chi connectivity index (χ3v) is 6.76. The van der Waals surface area contributed by atoms with Crippen LogP contribution in [0.15, 0.2) is 0 Å². The second-order valence-corrected chi connectivity index (χ2v) is 7.75. The first-order valence-corrected chi connectivity index (χ1v) is 6.71. The normalized spacial score (nSPS) is 27.0. The van der Waals surface area contributed by atoms with Crippen LogP contribution in [0.1, 0.15) is 12.8 Å². The van der Waals surface area contributed by atoms with E-state index in [1.807, 2.05) is 4.93 Å². The first-order valence-electron chi connectivity index (χ1n) is 2.13. The second kappa shape index (κ2) is 1.74. The molecule has 1 fully saturated rings. The predicted octanol–water partition coefficient (Wildman–Crippen LogP) is 1.76. The van der Waals surface area contributed by atoms with Crippen molar-refractivity contribution in [3.63, 3.8) is 0 Å². The fourth-order valence-corrected chi connectivity index (χ4v) is 2.29. The summed E-state index contributed by atoms with van der Waals surface area (Å²) in [7, 11) is 0. The summed E-state index contributed by atoms with van der Waals surface area (Å²) >= 11 is 4.17. The van der Waals surface area contributed by atoms with Crippen LogP contribution in [0, 0.1) is 0 Å². The van der Waals surface area contributed by atoms with Gasteiger partial charge in [-0.15, -0.1) is 0 Å². The molecule has 0 radical (unpaired) electrons. The molecule has 0 aromatic heterocycles. The van der Waals surface area contributed by atoms with E-state index in [0.717, 1.165) is 12.8 Å². The third kappa shape index (κ3) is 1.21. The zero-order valence-corrected chi connectivity index (χ0v) is 7.03. The van der Waals surface area contributed by atoms with Gasteiger partial charge >= 0.3 is 55.9 Å². The molecule has 1 rings (SSSR count). The molecule has 0 spiro atoms. The molecule has 44 valence electrons. The molecule has 0 aromatic rings. The minimum atomic E-state index is -1.63. The number of hydrogen-bond acceptors (Lipinski definition) is 1. The summed E-state index contributed by atoms with van der Waals surface area (Å²) in [5, 5.41) is 0. The summed E-state index contributed by atoms with van der Waals surface area (Å²) in [6.45, 7) is 0. The van der Waals surface area contributed by atoms with Gasteiger partial charge in [0.2, 0.25) is 0 Å². The molecule has 1 nitrogen and oxygen atoms in total. The van der Waals surface area contributed by atoms with Gasteiger partial charge < -0.3 is 0 Å². The van der Waals surface area contributed by atoms with Crippen molar-refractivity contribution in [2.75, 3.05) is 4.93 Å². The van der Waals surface area contributed by atoms with E-state index in [2.05, 4.69) is 0 Å². The molecule has 1 aliphatic rings. The fourth-order valence-electron chi connectivity index (χ4n) is 0.368. The van der Waals surface area contributed by atoms with Crippen molar-refractivity contribution < 1.29 is 3.44 Å². The Hall–Kier alpha value is 0.980. The van der Waals surface area contributed by atoms with Crippen molar-refractivity contribution in [3.8, 4) is 0 Å². The molecule has 7 heavy (non-hydrogen) atoms. The van der Waals surface area contributed by atoms with E-state index >= 15 is 0 Å². The van der Waals surface area contributed by atoms with Crippen molar-refractivity contribution in [2.45, 2.75) is 15.7 Å². The second-order valence-electron chi connectivity index (χ2n) is 1.80. The van der Waals surface area contributed by atoms with E-state index in [0.29, 0.717) is 0 Å². The first kappa shape index (κ1) is 6.11. The zero-order chi connectivity index (χ0) is 5.49. The van der Waals surface area contributed by atoms with Gasteiger partial charge in [-0.1, -0.05) is 0 Å². The van der Waals surface area contributed by atoms with Crippen LogP contribution in [-0.2, 0) is 0 Å². The van der Waals surface area contributed by atoms with Crippen LogP contribution in [0.5, 0.6) is 0 Å². The van der Waals surface area contributed by atoms with Gasteiger partial charge in [0.15, 0.2) is 0 Å². The van der Waals surface area contributed by atoms with Crippen molar-refractivity contribution in [1.29, 1.82) is 0 Å². The van der Waals surface area contributed by atoms with Crippen LogP contribution >= 0.6 is 31.8 Å². The van der Waals surface area contributed by atoms with Crippen LogP contribution in [0.25, 0.3) is 0 Å². The Morgan fingerprint density at radius 3 is 2.14 bits per heavy atom. The topological polar surface area (TPSA) is 20.2 Å². The summed E-state index contributed by atoms with van der Waals surface area (Å²) in [6, 6.07) is 0. The summed E-state index contributed by atoms with van der Waals surface area (Å²) in [5.41, 5.74) is 0. The molecule has 3 heteroatoms. The average molecular weight is 234 g/mol. The van der Waals surface area contributed by atoms with Crippen LogP contribution in [0.4, 0.5) is 0 Å². The van der Waals surface area contributed by atoms with Gasteiger partial charge in [-0.2, -0.15) is 0 Å². The Balaban J connectivity index is 2.39. The van der Waals surface area contributed by atoms with Crippen molar-refractivity contribution in [2.24, 2.45) is 0 Å². The molecule has 0 aromatic carbocycles. The van der Waals surface area contributed by atoms with E-state index in [1.165, 1.54) is 0 Å². The summed E-state index contributed by atoms with van der Waals surface area (Å²) in [6.07, 6.45) is 2.10. The number of halogens is 2. The zero-order valence-electron chi connectivity index (χ0n) is 4.12. The van der Waals surface area contributed by atoms with Gasteiger partial charge in [0.05, 0.1) is 0 Å². The summed E-state index contributed by atoms with van der Waals surface area (Å²) in [4.78, 5) is 1.89. The Morgan fingerprint density at radius 2 is 2.14 bits per heavy atom. The molecule has 0 aliphatic heterocycles. The molecule has 1 saturated carbocycles. The van der Waals surface area contributed by atoms with E-state index in [-0.39, 0.29) is 2.88 Å². The Morgan fingerprint density at radius 1 is 1.71 bits per heavy atom. The molecule has 0 amide bonds. The maximum absolute atomic E-state index is 8.98. The molecule has 0 bridgehead atoms. The van der Waals surface area contributed by atoms with Crippen molar-refractivity contribution in [1.82, 2.24) is 0 Å². The first-order chi connectivity index (χ1) is 3.15. The van der Waals surface area contributed by atoms with Crippen LogP contribution < -0.4 is 0 Å². The minimum absolute atomic E-state index is 0.0656. The van der Waals surface area contributed by atoms with Gasteiger partial charge in [-0.05, 0) is 0 Å². The monoisotopic (exact) mass is 234 g/mol. The maximum atomic E-state index is 8.98. The molecule has 0 saturated heterocycles. The van der Waals surface area contributed by atoms with Gasteiger partial charge in [0.25, 0.3) is 0 Å². The van der Waals surface area contributed by atoms with E-state index in [1.54, 1.807) is 0 Å². The number of alkyl halides is 3. The average Bonchev–Trinajstić information content (AvgIpc) is 2.21. The molecule has 0 atom stereocenters. The van der Waals surface area contributed by atoms with Crippen LogP contribution in [0.3, 0.4) is 0 Å². The number of rotatable bonds is 1. The Bertz CT molecular complexity index is 79.8. The molecule has 0 heterocycles. The van der Waals surface area contributed by atoms with Gasteiger partial charge in [0, 0.05) is 0 Å². The van der Waals surface area contributed by atoms with Crippen LogP contribution in [-0.4, -0.2) is 11.2 Å². The van der Waals surface area contributed by atoms with Crippen molar-refractivity contribution in [3.05, 3.63) is 0 Å². The Kier molecular flexibility index (Phi) is 1.52. The molecular weight excluding hydrogens is 226 g/mol. The third-order valence-electron chi connectivity index (χ3n) is 1.12. The predicted molar refractivity (Wildman–Crippen MR) is 40.0 cm³/mol. The van der Waals surface area contributed by atoms with E-state index in [9.17, 15) is 0 Å². The van der Waals surface area contributed by atoms with Gasteiger partial charge in [0.1, 0.15) is 0 Å². The summed E-state index contributed by atoms with van der Waals surface area (Å²) < 4.78 is 8.91.